The summed E-state index contributed by atoms with van der Waals surface area (Å²) in [5.41, 5.74) is 9.33. The minimum Gasteiger partial charge on any atom is -0.462 e. The van der Waals surface area contributed by atoms with Crippen LogP contribution in [0.3, 0.4) is 0 Å². The van der Waals surface area contributed by atoms with Crippen LogP contribution in [0, 0.1) is 11.2 Å². The van der Waals surface area contributed by atoms with Gasteiger partial charge in [0.1, 0.15) is 11.7 Å². The largest absolute Gasteiger partial charge is 0.462 e. The minimum absolute atomic E-state index is 0.0359. The number of primary sulfonamides is 1. The fourth-order valence-electron chi connectivity index (χ4n) is 4.05. The number of nitrogen functional groups attached to an aromatic ring is 1. The van der Waals surface area contributed by atoms with E-state index in [0.717, 1.165) is 23.8 Å². The number of amidine groups is 1. The lowest BCUT2D eigenvalue weighted by Gasteiger charge is -2.10. The van der Waals surface area contributed by atoms with Crippen molar-refractivity contribution in [3.63, 3.8) is 0 Å². The number of esters is 1. The van der Waals surface area contributed by atoms with Gasteiger partial charge in [-0.05, 0) is 47.9 Å². The predicted octanol–water partition coefficient (Wildman–Crippen LogP) is 4.12. The molecule has 3 aromatic carbocycles. The molecule has 1 heterocycles. The smallest absolute Gasteiger partial charge is 0.340 e. The molecule has 5 N–H and O–H groups in total. The molecule has 4 rings (SSSR count). The molecule has 0 spiro atoms. The lowest BCUT2D eigenvalue weighted by Crippen LogP contribution is -2.13. The Kier molecular flexibility index (Phi) is 7.23. The molecule has 0 saturated carbocycles. The van der Waals surface area contributed by atoms with Crippen molar-refractivity contribution in [3.05, 3.63) is 102 Å². The van der Waals surface area contributed by atoms with Crippen LogP contribution in [-0.4, -0.2) is 31.4 Å². The molecule has 0 atom stereocenters. The predicted molar refractivity (Wildman–Crippen MR) is 139 cm³/mol. The Hall–Kier alpha value is -4.28. The molecule has 8 nitrogen and oxygen atoms in total. The highest BCUT2D eigenvalue weighted by Gasteiger charge is 2.19. The van der Waals surface area contributed by atoms with Crippen molar-refractivity contribution in [2.45, 2.75) is 18.4 Å². The highest BCUT2D eigenvalue weighted by atomic mass is 32.2. The first-order valence-corrected chi connectivity index (χ1v) is 12.8. The van der Waals surface area contributed by atoms with Gasteiger partial charge in [-0.2, -0.15) is 0 Å². The molecule has 0 bridgehead atoms. The first-order chi connectivity index (χ1) is 17.6. The Morgan fingerprint density at radius 2 is 1.68 bits per heavy atom. The van der Waals surface area contributed by atoms with Gasteiger partial charge in [0.05, 0.1) is 17.1 Å². The van der Waals surface area contributed by atoms with Crippen molar-refractivity contribution in [2.24, 2.45) is 10.9 Å². The van der Waals surface area contributed by atoms with Gasteiger partial charge in [0.25, 0.3) is 0 Å². The van der Waals surface area contributed by atoms with Crippen molar-refractivity contribution in [2.75, 3.05) is 6.61 Å². The summed E-state index contributed by atoms with van der Waals surface area (Å²) in [7, 11) is -4.07. The average Bonchev–Trinajstić information content (AvgIpc) is 3.27. The fourth-order valence-corrected chi connectivity index (χ4v) is 4.80. The molecule has 37 heavy (non-hydrogen) atoms. The van der Waals surface area contributed by atoms with Gasteiger partial charge < -0.3 is 15.0 Å². The molecule has 1 aromatic heterocycles. The Balaban J connectivity index is 1.73. The van der Waals surface area contributed by atoms with Crippen LogP contribution >= 0.6 is 0 Å². The molecule has 0 unspecified atom stereocenters. The highest BCUT2D eigenvalue weighted by molar-refractivity contribution is 7.89. The number of rotatable bonds is 8. The number of ether oxygens (including phenoxy) is 1. The second-order valence-corrected chi connectivity index (χ2v) is 9.89. The lowest BCUT2D eigenvalue weighted by atomic mass is 9.99. The summed E-state index contributed by atoms with van der Waals surface area (Å²) in [6, 6.07) is 17.3. The molecule has 0 saturated heterocycles. The molecular formula is C27H25FN4O4S. The third kappa shape index (κ3) is 5.76. The first kappa shape index (κ1) is 25.8. The molecule has 190 valence electrons. The second-order valence-electron chi connectivity index (χ2n) is 8.36. The Bertz CT molecular complexity index is 1600. The minimum atomic E-state index is -4.07. The topological polar surface area (TPSA) is 141 Å². The third-order valence-electron chi connectivity index (χ3n) is 5.73. The van der Waals surface area contributed by atoms with Crippen molar-refractivity contribution >= 4 is 21.8 Å². The SMILES string of the molecule is CCOC(=O)c1cn(Cc2cccc(C(=N)N)c2)cc1-c1ccc(-c2cc(F)ccc2S(N)(=O)=O)cc1. The van der Waals surface area contributed by atoms with Crippen molar-refractivity contribution in [1.82, 2.24) is 4.57 Å². The number of nitrogens with zero attached hydrogens (tertiary/aromatic N) is 1. The van der Waals surface area contributed by atoms with Gasteiger partial charge in [0.2, 0.25) is 10.0 Å². The van der Waals surface area contributed by atoms with Crippen molar-refractivity contribution in [1.29, 1.82) is 5.41 Å². The standard InChI is InChI=1S/C27H25FN4O4S/c1-2-36-27(33)24-16-32(14-17-4-3-5-20(12-17)26(29)30)15-23(24)19-8-6-18(7-9-19)22-13-21(28)10-11-25(22)37(31,34)35/h3-13,15-16H,2,14H2,1H3,(H3,29,30)(H2,31,34,35). The zero-order valence-corrected chi connectivity index (χ0v) is 20.8. The van der Waals surface area contributed by atoms with E-state index in [0.29, 0.717) is 34.4 Å². The number of sulfonamides is 1. The lowest BCUT2D eigenvalue weighted by molar-refractivity contribution is 0.0527. The van der Waals surface area contributed by atoms with E-state index in [1.807, 2.05) is 22.8 Å². The number of carbonyl (C=O) groups is 1. The van der Waals surface area contributed by atoms with Crippen LogP contribution in [0.15, 0.2) is 84.0 Å². The van der Waals surface area contributed by atoms with Crippen LogP contribution in [-0.2, 0) is 21.3 Å². The molecular weight excluding hydrogens is 495 g/mol. The molecule has 4 aromatic rings. The van der Waals surface area contributed by atoms with Crippen molar-refractivity contribution in [3.8, 4) is 22.3 Å². The van der Waals surface area contributed by atoms with Crippen LogP contribution < -0.4 is 10.9 Å². The van der Waals surface area contributed by atoms with Gasteiger partial charge in [-0.1, -0.05) is 42.5 Å². The Morgan fingerprint density at radius 1 is 1.00 bits per heavy atom. The molecule has 0 aliphatic rings. The Labute approximate surface area is 213 Å². The summed E-state index contributed by atoms with van der Waals surface area (Å²) in [4.78, 5) is 12.5. The number of benzene rings is 3. The number of hydrogen-bond donors (Lipinski definition) is 3. The maximum Gasteiger partial charge on any atom is 0.340 e. The number of nitrogens with one attached hydrogen (secondary N) is 1. The maximum absolute atomic E-state index is 13.9. The zero-order chi connectivity index (χ0) is 26.7. The van der Waals surface area contributed by atoms with E-state index in [9.17, 15) is 17.6 Å². The van der Waals surface area contributed by atoms with E-state index < -0.39 is 21.8 Å². The molecule has 0 radical (unpaired) electrons. The molecule has 0 fully saturated rings. The van der Waals surface area contributed by atoms with Crippen LogP contribution in [0.5, 0.6) is 0 Å². The van der Waals surface area contributed by atoms with Gasteiger partial charge >= 0.3 is 5.97 Å². The van der Waals surface area contributed by atoms with Crippen molar-refractivity contribution < 1.29 is 22.3 Å². The zero-order valence-electron chi connectivity index (χ0n) is 19.9. The fraction of sp³-hybridized carbons (Fsp3) is 0.111. The number of nitrogens with two attached hydrogens (primary N) is 2. The monoisotopic (exact) mass is 520 g/mol. The third-order valence-corrected chi connectivity index (χ3v) is 6.70. The van der Waals surface area contributed by atoms with Crippen LogP contribution in [0.4, 0.5) is 4.39 Å². The van der Waals surface area contributed by atoms with Gasteiger partial charge in [-0.3, -0.25) is 5.41 Å². The molecule has 10 heteroatoms. The number of hydrogen-bond acceptors (Lipinski definition) is 5. The second kappa shape index (κ2) is 10.4. The van der Waals surface area contributed by atoms with Crippen LogP contribution in [0.1, 0.15) is 28.4 Å². The highest BCUT2D eigenvalue weighted by Crippen LogP contribution is 2.32. The summed E-state index contributed by atoms with van der Waals surface area (Å²) in [5, 5.41) is 13.0. The van der Waals surface area contributed by atoms with E-state index in [4.69, 9.17) is 21.0 Å². The summed E-state index contributed by atoms with van der Waals surface area (Å²) in [6.07, 6.45) is 3.49. The van der Waals surface area contributed by atoms with Crippen LogP contribution in [0.2, 0.25) is 0 Å². The van der Waals surface area contributed by atoms with E-state index in [1.54, 1.807) is 49.6 Å². The average molecular weight is 521 g/mol. The van der Waals surface area contributed by atoms with E-state index in [1.165, 1.54) is 0 Å². The van der Waals surface area contributed by atoms with Gasteiger partial charge in [-0.15, -0.1) is 0 Å². The van der Waals surface area contributed by atoms with Crippen LogP contribution in [0.25, 0.3) is 22.3 Å². The summed E-state index contributed by atoms with van der Waals surface area (Å²) in [5.74, 6) is -1.12. The molecule has 0 aliphatic heterocycles. The number of halogens is 1. The van der Waals surface area contributed by atoms with Gasteiger partial charge in [0, 0.05) is 35.6 Å². The van der Waals surface area contributed by atoms with Gasteiger partial charge in [-0.25, -0.2) is 22.7 Å². The first-order valence-electron chi connectivity index (χ1n) is 11.3. The number of carbonyl (C=O) groups excluding carboxylic acids is 1. The molecule has 0 amide bonds. The van der Waals surface area contributed by atoms with E-state index >= 15 is 0 Å². The summed E-state index contributed by atoms with van der Waals surface area (Å²) < 4.78 is 45.0. The van der Waals surface area contributed by atoms with Gasteiger partial charge in [0.15, 0.2) is 0 Å². The maximum atomic E-state index is 13.9. The molecule has 0 aliphatic carbocycles. The Morgan fingerprint density at radius 3 is 2.30 bits per heavy atom. The summed E-state index contributed by atoms with van der Waals surface area (Å²) >= 11 is 0. The van der Waals surface area contributed by atoms with E-state index in [2.05, 4.69) is 0 Å². The van der Waals surface area contributed by atoms with E-state index in [-0.39, 0.29) is 22.9 Å². The number of aromatic nitrogens is 1. The quantitative estimate of drug-likeness (QED) is 0.182. The summed E-state index contributed by atoms with van der Waals surface area (Å²) in [6.45, 7) is 2.35. The normalized spacial score (nSPS) is 11.3.